The molecule has 0 heterocycles. The van der Waals surface area contributed by atoms with Crippen LogP contribution in [0.1, 0.15) is 25.2 Å². The molecule has 0 aromatic heterocycles. The van der Waals surface area contributed by atoms with Gasteiger partial charge in [0.25, 0.3) is 0 Å². The summed E-state index contributed by atoms with van der Waals surface area (Å²) in [6.45, 7) is 6.32. The van der Waals surface area contributed by atoms with E-state index in [1.54, 1.807) is 6.66 Å². The molecule has 0 aliphatic heterocycles. The number of hydrogen-bond donors (Lipinski definition) is 1. The van der Waals surface area contributed by atoms with Gasteiger partial charge in [0, 0.05) is 12.4 Å². The number of nitrogens with one attached hydrogen (secondary N) is 1. The van der Waals surface area contributed by atoms with E-state index in [-0.39, 0.29) is 5.78 Å². The van der Waals surface area contributed by atoms with Crippen molar-refractivity contribution in [3.05, 3.63) is 66.2 Å². The molecule has 2 atom stereocenters. The normalized spacial score (nSPS) is 15.3. The van der Waals surface area contributed by atoms with Crippen LogP contribution in [0.3, 0.4) is 0 Å². The quantitative estimate of drug-likeness (QED) is 0.697. The molecule has 0 unspecified atom stereocenters. The van der Waals surface area contributed by atoms with Crippen LogP contribution in [0.5, 0.6) is 0 Å². The molecule has 1 N–H and O–H groups in total. The van der Waals surface area contributed by atoms with Crippen molar-refractivity contribution >= 4 is 13.1 Å². The molecule has 0 aliphatic carbocycles. The molecule has 2 aromatic rings. The maximum absolute atomic E-state index is 13.1. The van der Waals surface area contributed by atoms with Crippen LogP contribution >= 0.6 is 7.37 Å². The van der Waals surface area contributed by atoms with E-state index in [0.717, 1.165) is 11.3 Å². The van der Waals surface area contributed by atoms with Crippen LogP contribution in [-0.2, 0) is 9.09 Å². The molecular formula is C18H24NO2P. The first-order valence-corrected chi connectivity index (χ1v) is 9.71. The zero-order chi connectivity index (χ0) is 16.0. The lowest BCUT2D eigenvalue weighted by Crippen LogP contribution is -2.14. The number of hydrogen-bond acceptors (Lipinski definition) is 3. The monoisotopic (exact) mass is 317 g/mol. The molecule has 0 fully saturated rings. The average molecular weight is 317 g/mol. The summed E-state index contributed by atoms with van der Waals surface area (Å²) in [5, 5.41) is 3.37. The minimum atomic E-state index is -2.86. The highest BCUT2D eigenvalue weighted by atomic mass is 31.2. The lowest BCUT2D eigenvalue weighted by molar-refractivity contribution is 0.269. The smallest absolute Gasteiger partial charge is 0.226 e. The predicted octanol–water partition coefficient (Wildman–Crippen LogP) is 5.38. The predicted molar refractivity (Wildman–Crippen MR) is 93.6 cm³/mol. The number of benzene rings is 2. The van der Waals surface area contributed by atoms with Gasteiger partial charge >= 0.3 is 0 Å². The Hall–Kier alpha value is -1.57. The maximum atomic E-state index is 13.1. The van der Waals surface area contributed by atoms with Crippen LogP contribution in [0.25, 0.3) is 0 Å². The second-order valence-corrected chi connectivity index (χ2v) is 8.51. The Morgan fingerprint density at radius 2 is 1.55 bits per heavy atom. The van der Waals surface area contributed by atoms with Crippen molar-refractivity contribution in [1.29, 1.82) is 0 Å². The van der Waals surface area contributed by atoms with Gasteiger partial charge in [0.15, 0.2) is 0 Å². The third-order valence-corrected chi connectivity index (χ3v) is 5.35. The molecule has 0 bridgehead atoms. The molecule has 0 saturated heterocycles. The van der Waals surface area contributed by atoms with Crippen molar-refractivity contribution in [2.24, 2.45) is 5.92 Å². The molecule has 4 heteroatoms. The Kier molecular flexibility index (Phi) is 5.82. The van der Waals surface area contributed by atoms with Gasteiger partial charge in [0.05, 0.1) is 6.61 Å². The summed E-state index contributed by atoms with van der Waals surface area (Å²) in [5.74, 6) is -0.00345. The van der Waals surface area contributed by atoms with E-state index < -0.39 is 7.37 Å². The van der Waals surface area contributed by atoms with Gasteiger partial charge in [0.2, 0.25) is 7.37 Å². The van der Waals surface area contributed by atoms with E-state index in [1.807, 2.05) is 60.7 Å². The summed E-state index contributed by atoms with van der Waals surface area (Å²) in [7, 11) is -2.86. The van der Waals surface area contributed by atoms with Crippen LogP contribution < -0.4 is 5.32 Å². The average Bonchev–Trinajstić information content (AvgIpc) is 2.52. The Morgan fingerprint density at radius 1 is 1.00 bits per heavy atom. The van der Waals surface area contributed by atoms with E-state index in [4.69, 9.17) is 4.52 Å². The Morgan fingerprint density at radius 3 is 2.09 bits per heavy atom. The van der Waals surface area contributed by atoms with Crippen molar-refractivity contribution in [1.82, 2.24) is 0 Å². The standard InChI is InChI=1S/C18H24NO2P/c1-15(2)14-21-22(3,20)18(16-10-6-4-7-11-16)19-17-12-8-5-9-13-17/h4-13,15,18-19H,14H2,1-3H3/t18-,22+/m1/s1. The highest BCUT2D eigenvalue weighted by Crippen LogP contribution is 2.57. The molecule has 2 aromatic carbocycles. The Labute approximate surface area is 133 Å². The first-order valence-electron chi connectivity index (χ1n) is 7.57. The molecule has 22 heavy (non-hydrogen) atoms. The van der Waals surface area contributed by atoms with Crippen LogP contribution in [0.2, 0.25) is 0 Å². The van der Waals surface area contributed by atoms with Crippen molar-refractivity contribution in [2.75, 3.05) is 18.6 Å². The molecule has 0 radical (unpaired) electrons. The topological polar surface area (TPSA) is 38.3 Å². The summed E-state index contributed by atoms with van der Waals surface area (Å²) in [5.41, 5.74) is 1.91. The molecule has 0 amide bonds. The van der Waals surface area contributed by atoms with Crippen LogP contribution in [-0.4, -0.2) is 13.3 Å². The van der Waals surface area contributed by atoms with E-state index in [2.05, 4.69) is 19.2 Å². The second kappa shape index (κ2) is 7.62. The fraction of sp³-hybridized carbons (Fsp3) is 0.333. The van der Waals surface area contributed by atoms with Crippen LogP contribution in [0.4, 0.5) is 5.69 Å². The zero-order valence-corrected chi connectivity index (χ0v) is 14.3. The Bertz CT molecular complexity index is 613. The summed E-state index contributed by atoms with van der Waals surface area (Å²) in [4.78, 5) is 0. The van der Waals surface area contributed by atoms with Crippen molar-refractivity contribution < 1.29 is 9.09 Å². The summed E-state index contributed by atoms with van der Waals surface area (Å²) >= 11 is 0. The summed E-state index contributed by atoms with van der Waals surface area (Å²) < 4.78 is 18.9. The van der Waals surface area contributed by atoms with Gasteiger partial charge in [-0.05, 0) is 23.6 Å². The van der Waals surface area contributed by atoms with Gasteiger partial charge in [-0.2, -0.15) is 0 Å². The van der Waals surface area contributed by atoms with Crippen LogP contribution in [0.15, 0.2) is 60.7 Å². The second-order valence-electron chi connectivity index (χ2n) is 5.92. The first kappa shape index (κ1) is 16.8. The molecular weight excluding hydrogens is 293 g/mol. The molecule has 0 saturated carbocycles. The highest BCUT2D eigenvalue weighted by Gasteiger charge is 2.31. The van der Waals surface area contributed by atoms with Gasteiger partial charge in [-0.1, -0.05) is 62.4 Å². The zero-order valence-electron chi connectivity index (χ0n) is 13.4. The van der Waals surface area contributed by atoms with Gasteiger partial charge < -0.3 is 9.84 Å². The fourth-order valence-electron chi connectivity index (χ4n) is 2.17. The number of anilines is 1. The fourth-order valence-corrected chi connectivity index (χ4v) is 4.01. The van der Waals surface area contributed by atoms with E-state index >= 15 is 0 Å². The minimum absolute atomic E-state index is 0.349. The van der Waals surface area contributed by atoms with Crippen molar-refractivity contribution in [3.63, 3.8) is 0 Å². The number of para-hydroxylation sites is 1. The van der Waals surface area contributed by atoms with Gasteiger partial charge in [-0.3, -0.25) is 4.57 Å². The van der Waals surface area contributed by atoms with E-state index in [9.17, 15) is 4.57 Å². The highest BCUT2D eigenvalue weighted by molar-refractivity contribution is 7.58. The minimum Gasteiger partial charge on any atom is -0.370 e. The van der Waals surface area contributed by atoms with E-state index in [0.29, 0.717) is 12.5 Å². The van der Waals surface area contributed by atoms with Crippen LogP contribution in [0, 0.1) is 5.92 Å². The van der Waals surface area contributed by atoms with Crippen molar-refractivity contribution in [3.8, 4) is 0 Å². The van der Waals surface area contributed by atoms with Gasteiger partial charge in [-0.25, -0.2) is 0 Å². The number of rotatable bonds is 7. The lowest BCUT2D eigenvalue weighted by Gasteiger charge is -2.27. The SMILES string of the molecule is CC(C)CO[P@](C)(=O)[C@@H](Nc1ccccc1)c1ccccc1. The van der Waals surface area contributed by atoms with E-state index in [1.165, 1.54) is 0 Å². The van der Waals surface area contributed by atoms with Gasteiger partial charge in [0.1, 0.15) is 5.78 Å². The lowest BCUT2D eigenvalue weighted by atomic mass is 10.2. The summed E-state index contributed by atoms with van der Waals surface area (Å²) in [6, 6.07) is 19.7. The third-order valence-electron chi connectivity index (χ3n) is 3.33. The molecule has 0 spiro atoms. The van der Waals surface area contributed by atoms with Gasteiger partial charge in [-0.15, -0.1) is 0 Å². The van der Waals surface area contributed by atoms with Crippen molar-refractivity contribution in [2.45, 2.75) is 19.6 Å². The largest absolute Gasteiger partial charge is 0.370 e. The molecule has 0 aliphatic rings. The molecule has 118 valence electrons. The first-order chi connectivity index (χ1) is 10.5. The summed E-state index contributed by atoms with van der Waals surface area (Å²) in [6.07, 6.45) is 0. The maximum Gasteiger partial charge on any atom is 0.226 e. The molecule has 3 nitrogen and oxygen atoms in total. The third kappa shape index (κ3) is 4.72. The molecule has 2 rings (SSSR count). The Balaban J connectivity index is 2.27.